The molecule has 10 nitrogen and oxygen atoms in total. The van der Waals surface area contributed by atoms with Gasteiger partial charge in [-0.05, 0) is 58.3 Å². The second kappa shape index (κ2) is 16.0. The molecule has 0 radical (unpaired) electrons. The molecule has 4 rings (SSSR count). The van der Waals surface area contributed by atoms with Crippen molar-refractivity contribution in [2.24, 2.45) is 0 Å². The van der Waals surface area contributed by atoms with Gasteiger partial charge >= 0.3 is 6.09 Å². The Labute approximate surface area is 258 Å². The van der Waals surface area contributed by atoms with Crippen LogP contribution in [0.15, 0.2) is 35.2 Å². The van der Waals surface area contributed by atoms with Gasteiger partial charge in [0, 0.05) is 13.2 Å². The summed E-state index contributed by atoms with van der Waals surface area (Å²) in [6.45, 7) is 8.84. The molecule has 3 saturated heterocycles. The summed E-state index contributed by atoms with van der Waals surface area (Å²) in [5.74, 6) is -2.27. The Bertz CT molecular complexity index is 1100. The zero-order chi connectivity index (χ0) is 30.8. The molecule has 0 spiro atoms. The average molecular weight is 625 g/mol. The second-order valence-corrected chi connectivity index (χ2v) is 14.2. The zero-order valence-corrected chi connectivity index (χ0v) is 27.1. The Morgan fingerprint density at radius 2 is 1.58 bits per heavy atom. The van der Waals surface area contributed by atoms with E-state index in [9.17, 15) is 13.2 Å². The van der Waals surface area contributed by atoms with Crippen LogP contribution < -0.4 is 4.72 Å². The van der Waals surface area contributed by atoms with E-state index in [2.05, 4.69) is 11.8 Å². The monoisotopic (exact) mass is 624 g/mol. The lowest BCUT2D eigenvalue weighted by Crippen LogP contribution is -2.47. The summed E-state index contributed by atoms with van der Waals surface area (Å²) in [7, 11) is -4.11. The predicted octanol–water partition coefficient (Wildman–Crippen LogP) is 5.75. The van der Waals surface area contributed by atoms with Crippen LogP contribution >= 0.6 is 0 Å². The van der Waals surface area contributed by atoms with Crippen LogP contribution in [0.2, 0.25) is 0 Å². The maximum Gasteiger partial charge on any atom is 0.421 e. The first kappa shape index (κ1) is 34.1. The number of sulfonamides is 1. The summed E-state index contributed by atoms with van der Waals surface area (Å²) < 4.78 is 58.6. The molecule has 1 amide bonds. The maximum atomic E-state index is 13.0. The minimum Gasteiger partial charge on any atom is -0.440 e. The van der Waals surface area contributed by atoms with Gasteiger partial charge in [0.25, 0.3) is 10.0 Å². The molecule has 1 aromatic rings. The summed E-state index contributed by atoms with van der Waals surface area (Å²) in [6.07, 6.45) is 11.3. The van der Waals surface area contributed by atoms with Crippen molar-refractivity contribution in [1.82, 2.24) is 9.62 Å². The third kappa shape index (κ3) is 9.86. The van der Waals surface area contributed by atoms with Gasteiger partial charge in [-0.3, -0.25) is 0 Å². The quantitative estimate of drug-likeness (QED) is 0.204. The molecule has 11 heteroatoms. The van der Waals surface area contributed by atoms with Gasteiger partial charge in [0.15, 0.2) is 18.0 Å². The molecule has 244 valence electrons. The lowest BCUT2D eigenvalue weighted by atomic mass is 10.0. The number of ether oxygens (including phenoxy) is 5. The number of nitrogens with one attached hydrogen (secondary N) is 1. The largest absolute Gasteiger partial charge is 0.440 e. The number of hydrogen-bond donors (Lipinski definition) is 1. The molecule has 3 aliphatic heterocycles. The number of unbranched alkanes of at least 4 members (excludes halogenated alkanes) is 9. The van der Waals surface area contributed by atoms with E-state index in [4.69, 9.17) is 23.7 Å². The number of amides is 1. The van der Waals surface area contributed by atoms with Gasteiger partial charge in [-0.15, -0.1) is 0 Å². The van der Waals surface area contributed by atoms with Crippen molar-refractivity contribution in [1.29, 1.82) is 0 Å². The van der Waals surface area contributed by atoms with Gasteiger partial charge in [0.1, 0.15) is 12.7 Å². The summed E-state index contributed by atoms with van der Waals surface area (Å²) in [5.41, 5.74) is 0. The molecule has 43 heavy (non-hydrogen) atoms. The first-order valence-electron chi connectivity index (χ1n) is 16.3. The molecule has 3 heterocycles. The fourth-order valence-electron chi connectivity index (χ4n) is 6.29. The third-order valence-electron chi connectivity index (χ3n) is 8.38. The average Bonchev–Trinajstić information content (AvgIpc) is 3.63. The van der Waals surface area contributed by atoms with Crippen molar-refractivity contribution in [2.45, 2.75) is 133 Å². The van der Waals surface area contributed by atoms with E-state index in [0.717, 1.165) is 38.8 Å². The molecule has 1 N–H and O–H groups in total. The highest BCUT2D eigenvalue weighted by molar-refractivity contribution is 7.90. The van der Waals surface area contributed by atoms with Crippen molar-refractivity contribution >= 4 is 16.1 Å². The van der Waals surface area contributed by atoms with Gasteiger partial charge in [0.05, 0.1) is 4.90 Å². The zero-order valence-electron chi connectivity index (χ0n) is 26.3. The van der Waals surface area contributed by atoms with E-state index in [1.54, 1.807) is 32.0 Å². The van der Waals surface area contributed by atoms with Crippen molar-refractivity contribution in [3.63, 3.8) is 0 Å². The van der Waals surface area contributed by atoms with Gasteiger partial charge < -0.3 is 28.6 Å². The van der Waals surface area contributed by atoms with Gasteiger partial charge in [-0.2, -0.15) is 0 Å². The number of nitrogens with zero attached hydrogens (tertiary/aromatic N) is 1. The Morgan fingerprint density at radius 1 is 0.953 bits per heavy atom. The minimum atomic E-state index is -4.11. The number of hydrogen-bond acceptors (Lipinski definition) is 9. The van der Waals surface area contributed by atoms with Crippen molar-refractivity contribution in [2.75, 3.05) is 32.8 Å². The van der Waals surface area contributed by atoms with Crippen molar-refractivity contribution in [3.8, 4) is 0 Å². The van der Waals surface area contributed by atoms with Crippen LogP contribution in [-0.4, -0.2) is 82.1 Å². The molecule has 1 aromatic carbocycles. The normalized spacial score (nSPS) is 26.9. The second-order valence-electron chi connectivity index (χ2n) is 12.5. The Kier molecular flexibility index (Phi) is 12.7. The van der Waals surface area contributed by atoms with Gasteiger partial charge in [0.2, 0.25) is 5.79 Å². The van der Waals surface area contributed by atoms with E-state index < -0.39 is 46.0 Å². The summed E-state index contributed by atoms with van der Waals surface area (Å²) in [5, 5.41) is 0. The van der Waals surface area contributed by atoms with Gasteiger partial charge in [-0.25, -0.2) is 17.9 Å². The molecule has 4 atom stereocenters. The minimum absolute atomic E-state index is 0.0282. The fraction of sp³-hybridized carbons (Fsp3) is 0.781. The summed E-state index contributed by atoms with van der Waals surface area (Å²) in [6, 6.07) is 7.71. The molecule has 0 unspecified atom stereocenters. The van der Waals surface area contributed by atoms with Crippen LogP contribution in [0.4, 0.5) is 4.79 Å². The molecule has 0 bridgehead atoms. The van der Waals surface area contributed by atoms with E-state index >= 15 is 0 Å². The summed E-state index contributed by atoms with van der Waals surface area (Å²) >= 11 is 0. The van der Waals surface area contributed by atoms with E-state index in [-0.39, 0.29) is 11.5 Å². The molecular weight excluding hydrogens is 572 g/mol. The Morgan fingerprint density at radius 3 is 2.23 bits per heavy atom. The maximum absolute atomic E-state index is 13.0. The van der Waals surface area contributed by atoms with Crippen molar-refractivity contribution in [3.05, 3.63) is 30.3 Å². The lowest BCUT2D eigenvalue weighted by molar-refractivity contribution is -0.279. The number of carbonyl (C=O) groups excluding carboxylic acids is 1. The smallest absolute Gasteiger partial charge is 0.421 e. The lowest BCUT2D eigenvalue weighted by Gasteiger charge is -2.30. The van der Waals surface area contributed by atoms with Crippen LogP contribution in [-0.2, 0) is 33.7 Å². The first-order valence-corrected chi connectivity index (χ1v) is 17.8. The Balaban J connectivity index is 1.33. The number of rotatable bonds is 18. The number of fused-ring (bicyclic) bond motifs is 1. The first-order chi connectivity index (χ1) is 20.6. The molecule has 0 aliphatic carbocycles. The molecule has 0 saturated carbocycles. The number of carbonyl (C=O) groups is 1. The van der Waals surface area contributed by atoms with Crippen LogP contribution in [0.3, 0.4) is 0 Å². The van der Waals surface area contributed by atoms with E-state index in [0.29, 0.717) is 13.2 Å². The third-order valence-corrected chi connectivity index (χ3v) is 9.70. The SMILES string of the molecule is CCCCCCCCCCCCOC[C@@]12O[C@@H](CN3CCCC3)[C@@H](OC(=O)NS(=O)(=O)c3ccccc3)[C@@H]1OC(C)(C)O2. The van der Waals surface area contributed by atoms with E-state index in [1.807, 2.05) is 4.72 Å². The standard InChI is InChI=1S/C32H52N2O8S/c1-4-5-6-7-8-9-10-11-12-18-23-38-25-32-29(41-31(2,3)42-32)28(27(40-32)24-34-21-16-17-22-34)39-30(35)33-43(36,37)26-19-14-13-15-20-26/h13-15,19-20,27-29H,4-12,16-18,21-25H2,1-3H3,(H,33,35)/t27-,28+,29-,32-/m0/s1. The van der Waals surface area contributed by atoms with E-state index in [1.165, 1.54) is 63.5 Å². The molecule has 3 aliphatic rings. The summed E-state index contributed by atoms with van der Waals surface area (Å²) in [4.78, 5) is 15.2. The van der Waals surface area contributed by atoms with Crippen LogP contribution in [0.5, 0.6) is 0 Å². The van der Waals surface area contributed by atoms with Gasteiger partial charge in [-0.1, -0.05) is 82.9 Å². The number of benzene rings is 1. The highest BCUT2D eigenvalue weighted by Gasteiger charge is 2.66. The topological polar surface area (TPSA) is 113 Å². The fourth-order valence-corrected chi connectivity index (χ4v) is 7.19. The highest BCUT2D eigenvalue weighted by Crippen LogP contribution is 2.47. The highest BCUT2D eigenvalue weighted by atomic mass is 32.2. The van der Waals surface area contributed by atoms with Crippen LogP contribution in [0, 0.1) is 0 Å². The molecular formula is C32H52N2O8S. The van der Waals surface area contributed by atoms with Crippen molar-refractivity contribution < 1.29 is 36.9 Å². The van der Waals surface area contributed by atoms with Crippen LogP contribution in [0.1, 0.15) is 97.8 Å². The van der Waals surface area contributed by atoms with Crippen LogP contribution in [0.25, 0.3) is 0 Å². The molecule has 3 fully saturated rings. The molecule has 0 aromatic heterocycles. The Hall–Kier alpha value is -1.76. The predicted molar refractivity (Wildman–Crippen MR) is 163 cm³/mol. The number of likely N-dealkylation sites (tertiary alicyclic amines) is 1.